The summed E-state index contributed by atoms with van der Waals surface area (Å²) in [7, 11) is 0. The Morgan fingerprint density at radius 3 is 2.30 bits per heavy atom. The number of benzene rings is 1. The number of rotatable bonds is 3. The summed E-state index contributed by atoms with van der Waals surface area (Å²) in [6.45, 7) is 3.13. The Hall–Kier alpha value is -1.27. The van der Waals surface area contributed by atoms with Gasteiger partial charge in [0.15, 0.2) is 0 Å². The monoisotopic (exact) mass is 287 g/mol. The minimum atomic E-state index is -4.12. The van der Waals surface area contributed by atoms with Crippen molar-refractivity contribution in [2.45, 2.75) is 19.1 Å². The second-order valence-corrected chi connectivity index (χ2v) is 5.23. The van der Waals surface area contributed by atoms with Crippen LogP contribution in [0.5, 0.6) is 0 Å². The molecular formula is C14H20F3N3. The molecule has 0 aromatic heterocycles. The smallest absolute Gasteiger partial charge is 0.369 e. The lowest BCUT2D eigenvalue weighted by molar-refractivity contribution is -0.146. The number of hydrogen-bond donors (Lipinski definition) is 1. The predicted molar refractivity (Wildman–Crippen MR) is 73.8 cm³/mol. The Morgan fingerprint density at radius 2 is 1.75 bits per heavy atom. The van der Waals surface area contributed by atoms with Crippen molar-refractivity contribution in [3.05, 3.63) is 29.8 Å². The first-order valence-corrected chi connectivity index (χ1v) is 6.75. The maximum Gasteiger partial charge on any atom is 0.401 e. The molecule has 0 unspecified atom stereocenters. The van der Waals surface area contributed by atoms with Crippen LogP contribution in [0.3, 0.4) is 0 Å². The lowest BCUT2D eigenvalue weighted by Gasteiger charge is -2.37. The van der Waals surface area contributed by atoms with Gasteiger partial charge in [0.2, 0.25) is 0 Å². The van der Waals surface area contributed by atoms with Gasteiger partial charge in [0.25, 0.3) is 0 Å². The molecule has 0 amide bonds. The van der Waals surface area contributed by atoms with Crippen molar-refractivity contribution in [2.75, 3.05) is 37.6 Å². The van der Waals surface area contributed by atoms with E-state index in [2.05, 4.69) is 4.90 Å². The highest BCUT2D eigenvalue weighted by molar-refractivity contribution is 5.55. The fourth-order valence-electron chi connectivity index (χ4n) is 2.56. The third-order valence-electron chi connectivity index (χ3n) is 3.54. The molecule has 1 heterocycles. The van der Waals surface area contributed by atoms with Crippen LogP contribution < -0.4 is 10.6 Å². The van der Waals surface area contributed by atoms with E-state index in [4.69, 9.17) is 5.73 Å². The van der Waals surface area contributed by atoms with E-state index in [-0.39, 0.29) is 6.04 Å². The van der Waals surface area contributed by atoms with Gasteiger partial charge in [-0.3, -0.25) is 4.90 Å². The maximum atomic E-state index is 12.4. The second kappa shape index (κ2) is 6.01. The summed E-state index contributed by atoms with van der Waals surface area (Å²) < 4.78 is 37.1. The molecule has 3 nitrogen and oxygen atoms in total. The van der Waals surface area contributed by atoms with Gasteiger partial charge in [-0.05, 0) is 18.6 Å². The van der Waals surface area contributed by atoms with Crippen LogP contribution in [0.2, 0.25) is 0 Å². The topological polar surface area (TPSA) is 32.5 Å². The second-order valence-electron chi connectivity index (χ2n) is 5.23. The molecule has 0 radical (unpaired) electrons. The number of anilines is 1. The van der Waals surface area contributed by atoms with Crippen LogP contribution in [0.15, 0.2) is 24.3 Å². The number of para-hydroxylation sites is 1. The zero-order valence-electron chi connectivity index (χ0n) is 11.5. The number of nitrogens with two attached hydrogens (primary N) is 1. The zero-order chi connectivity index (χ0) is 14.8. The summed E-state index contributed by atoms with van der Waals surface area (Å²) in [5.41, 5.74) is 8.02. The Balaban J connectivity index is 2.01. The van der Waals surface area contributed by atoms with E-state index in [0.717, 1.165) is 11.3 Å². The molecule has 1 aliphatic rings. The van der Waals surface area contributed by atoms with E-state index in [0.29, 0.717) is 26.2 Å². The molecule has 1 atom stereocenters. The van der Waals surface area contributed by atoms with Crippen LogP contribution in [0.25, 0.3) is 0 Å². The van der Waals surface area contributed by atoms with Gasteiger partial charge in [-0.2, -0.15) is 13.2 Å². The summed E-state index contributed by atoms with van der Waals surface area (Å²) in [4.78, 5) is 3.57. The van der Waals surface area contributed by atoms with Crippen molar-refractivity contribution in [1.82, 2.24) is 4.90 Å². The number of nitrogens with zero attached hydrogens (tertiary/aromatic N) is 2. The highest BCUT2D eigenvalue weighted by atomic mass is 19.4. The predicted octanol–water partition coefficient (Wildman–Crippen LogP) is 2.39. The fourth-order valence-corrected chi connectivity index (χ4v) is 2.56. The molecule has 1 aliphatic heterocycles. The first kappa shape index (κ1) is 15.1. The molecule has 112 valence electrons. The van der Waals surface area contributed by atoms with Crippen LogP contribution >= 0.6 is 0 Å². The fraction of sp³-hybridized carbons (Fsp3) is 0.571. The van der Waals surface area contributed by atoms with Gasteiger partial charge < -0.3 is 10.6 Å². The lowest BCUT2D eigenvalue weighted by atomic mass is 10.1. The van der Waals surface area contributed by atoms with E-state index in [1.807, 2.05) is 31.2 Å². The number of halogens is 3. The molecule has 1 aromatic rings. The highest BCUT2D eigenvalue weighted by Gasteiger charge is 2.32. The van der Waals surface area contributed by atoms with Crippen molar-refractivity contribution in [3.8, 4) is 0 Å². The quantitative estimate of drug-likeness (QED) is 0.926. The van der Waals surface area contributed by atoms with E-state index < -0.39 is 12.7 Å². The van der Waals surface area contributed by atoms with Crippen LogP contribution in [0.1, 0.15) is 18.5 Å². The van der Waals surface area contributed by atoms with Crippen molar-refractivity contribution in [3.63, 3.8) is 0 Å². The largest absolute Gasteiger partial charge is 0.401 e. The summed E-state index contributed by atoms with van der Waals surface area (Å²) >= 11 is 0. The Morgan fingerprint density at radius 1 is 1.15 bits per heavy atom. The zero-order valence-corrected chi connectivity index (χ0v) is 11.5. The third-order valence-corrected chi connectivity index (χ3v) is 3.54. The standard InChI is InChI=1S/C14H20F3N3/c1-11(18)12-4-2-3-5-13(12)20-8-6-19(7-9-20)10-14(15,16)17/h2-5,11H,6-10,18H2,1H3/t11-/m1/s1. The van der Waals surface area contributed by atoms with Crippen LogP contribution in [-0.4, -0.2) is 43.8 Å². The first-order chi connectivity index (χ1) is 9.37. The molecule has 6 heteroatoms. The average molecular weight is 287 g/mol. The Bertz CT molecular complexity index is 438. The number of piperazine rings is 1. The third kappa shape index (κ3) is 3.86. The SMILES string of the molecule is C[C@@H](N)c1ccccc1N1CCN(CC(F)(F)F)CC1. The average Bonchev–Trinajstić information content (AvgIpc) is 2.38. The van der Waals surface area contributed by atoms with E-state index in [9.17, 15) is 13.2 Å². The van der Waals surface area contributed by atoms with Crippen molar-refractivity contribution in [1.29, 1.82) is 0 Å². The van der Waals surface area contributed by atoms with Gasteiger partial charge in [-0.25, -0.2) is 0 Å². The summed E-state index contributed by atoms with van der Waals surface area (Å²) in [6, 6.07) is 7.74. The van der Waals surface area contributed by atoms with E-state index in [1.165, 1.54) is 4.90 Å². The van der Waals surface area contributed by atoms with Gasteiger partial charge in [-0.1, -0.05) is 18.2 Å². The van der Waals surface area contributed by atoms with Gasteiger partial charge in [0.05, 0.1) is 6.54 Å². The Kier molecular flexibility index (Phi) is 4.55. The molecule has 2 N–H and O–H groups in total. The van der Waals surface area contributed by atoms with E-state index in [1.54, 1.807) is 0 Å². The first-order valence-electron chi connectivity index (χ1n) is 6.75. The lowest BCUT2D eigenvalue weighted by Crippen LogP contribution is -2.49. The normalized spacial score (nSPS) is 19.1. The van der Waals surface area contributed by atoms with Gasteiger partial charge in [0, 0.05) is 37.9 Å². The summed E-state index contributed by atoms with van der Waals surface area (Å²) in [5, 5.41) is 0. The van der Waals surface area contributed by atoms with Crippen molar-refractivity contribution in [2.24, 2.45) is 5.73 Å². The molecule has 1 fully saturated rings. The van der Waals surface area contributed by atoms with Crippen molar-refractivity contribution < 1.29 is 13.2 Å². The molecule has 20 heavy (non-hydrogen) atoms. The molecule has 1 saturated heterocycles. The molecule has 0 saturated carbocycles. The van der Waals surface area contributed by atoms with Crippen LogP contribution in [-0.2, 0) is 0 Å². The molecule has 2 rings (SSSR count). The molecule has 0 aliphatic carbocycles. The van der Waals surface area contributed by atoms with Gasteiger partial charge >= 0.3 is 6.18 Å². The van der Waals surface area contributed by atoms with Gasteiger partial charge in [0.1, 0.15) is 0 Å². The van der Waals surface area contributed by atoms with Crippen molar-refractivity contribution >= 4 is 5.69 Å². The minimum absolute atomic E-state index is 0.0839. The van der Waals surface area contributed by atoms with Crippen LogP contribution in [0.4, 0.5) is 18.9 Å². The maximum absolute atomic E-state index is 12.4. The molecule has 0 bridgehead atoms. The summed E-state index contributed by atoms with van der Waals surface area (Å²) in [6.07, 6.45) is -4.12. The Labute approximate surface area is 117 Å². The number of hydrogen-bond acceptors (Lipinski definition) is 3. The molecule has 0 spiro atoms. The van der Waals surface area contributed by atoms with E-state index >= 15 is 0 Å². The summed E-state index contributed by atoms with van der Waals surface area (Å²) in [5.74, 6) is 0. The molecular weight excluding hydrogens is 267 g/mol. The minimum Gasteiger partial charge on any atom is -0.369 e. The highest BCUT2D eigenvalue weighted by Crippen LogP contribution is 2.26. The molecule has 1 aromatic carbocycles. The van der Waals surface area contributed by atoms with Crippen LogP contribution in [0, 0.1) is 0 Å². The number of alkyl halides is 3. The van der Waals surface area contributed by atoms with Gasteiger partial charge in [-0.15, -0.1) is 0 Å².